The molecule has 7 nitrogen and oxygen atoms in total. The number of nitrogens with two attached hydrogens (primary N) is 2. The first-order chi connectivity index (χ1) is 7.90. The molecule has 0 fully saturated rings. The quantitative estimate of drug-likeness (QED) is 0.274. The Balaban J connectivity index is 2.74. The summed E-state index contributed by atoms with van der Waals surface area (Å²) in [6.45, 7) is 0.337. The van der Waals surface area contributed by atoms with Gasteiger partial charge in [-0.1, -0.05) is 6.07 Å². The summed E-state index contributed by atoms with van der Waals surface area (Å²) >= 11 is 0. The van der Waals surface area contributed by atoms with Gasteiger partial charge >= 0.3 is 0 Å². The minimum absolute atomic E-state index is 0.0856. The van der Waals surface area contributed by atoms with E-state index < -0.39 is 0 Å². The van der Waals surface area contributed by atoms with Crippen molar-refractivity contribution >= 4 is 11.9 Å². The normalized spacial score (nSPS) is 9.71. The highest BCUT2D eigenvalue weighted by Crippen LogP contribution is 2.25. The first kappa shape index (κ1) is 12.6. The van der Waals surface area contributed by atoms with Crippen molar-refractivity contribution in [2.24, 2.45) is 16.5 Å². The molecule has 0 heterocycles. The summed E-state index contributed by atoms with van der Waals surface area (Å²) in [7, 11) is 1.64. The monoisotopic (exact) mass is 237 g/mol. The average molecular weight is 237 g/mol. The number of nitrogens with zero attached hydrogens (tertiary/aromatic N) is 2. The van der Waals surface area contributed by atoms with Crippen LogP contribution in [-0.4, -0.2) is 34.1 Å². The van der Waals surface area contributed by atoms with Gasteiger partial charge in [0.25, 0.3) is 0 Å². The molecule has 0 aromatic heterocycles. The van der Waals surface area contributed by atoms with Crippen LogP contribution in [0.15, 0.2) is 23.2 Å². The highest BCUT2D eigenvalue weighted by atomic mass is 16.3. The van der Waals surface area contributed by atoms with Crippen LogP contribution in [0.4, 0.5) is 0 Å². The predicted molar refractivity (Wildman–Crippen MR) is 64.8 cm³/mol. The molecule has 0 saturated carbocycles. The van der Waals surface area contributed by atoms with Crippen LogP contribution in [0, 0.1) is 5.41 Å². The second-order valence-corrected chi connectivity index (χ2v) is 3.54. The van der Waals surface area contributed by atoms with Crippen LogP contribution >= 0.6 is 0 Å². The van der Waals surface area contributed by atoms with Crippen LogP contribution in [0.25, 0.3) is 0 Å². The molecular formula is C10H15N5O2. The van der Waals surface area contributed by atoms with E-state index in [0.717, 1.165) is 5.56 Å². The van der Waals surface area contributed by atoms with E-state index >= 15 is 0 Å². The Hall–Kier alpha value is -2.44. The lowest BCUT2D eigenvalue weighted by Gasteiger charge is -2.17. The lowest BCUT2D eigenvalue weighted by atomic mass is 10.2. The smallest absolute Gasteiger partial charge is 0.221 e. The summed E-state index contributed by atoms with van der Waals surface area (Å²) in [6.07, 6.45) is 0. The second-order valence-electron chi connectivity index (χ2n) is 3.54. The third kappa shape index (κ3) is 3.56. The molecule has 0 atom stereocenters. The van der Waals surface area contributed by atoms with E-state index in [4.69, 9.17) is 22.0 Å². The van der Waals surface area contributed by atoms with Crippen molar-refractivity contribution in [3.8, 4) is 11.5 Å². The van der Waals surface area contributed by atoms with Crippen molar-refractivity contribution in [1.29, 1.82) is 5.41 Å². The third-order valence-corrected chi connectivity index (χ3v) is 2.06. The molecule has 7 N–H and O–H groups in total. The predicted octanol–water partition coefficient (Wildman–Crippen LogP) is -0.262. The molecule has 92 valence electrons. The number of rotatable bonds is 2. The third-order valence-electron chi connectivity index (χ3n) is 2.06. The minimum atomic E-state index is -0.204. The highest BCUT2D eigenvalue weighted by Gasteiger charge is 2.06. The first-order valence-electron chi connectivity index (χ1n) is 4.80. The van der Waals surface area contributed by atoms with Crippen molar-refractivity contribution < 1.29 is 10.2 Å². The molecule has 0 aliphatic carbocycles. The molecule has 17 heavy (non-hydrogen) atoms. The SMILES string of the molecule is CN(Cc1ccc(O)c(O)c1)C(=N)N=C(N)N. The lowest BCUT2D eigenvalue weighted by molar-refractivity contribution is 0.401. The van der Waals surface area contributed by atoms with Gasteiger partial charge in [0.2, 0.25) is 5.96 Å². The van der Waals surface area contributed by atoms with E-state index in [1.54, 1.807) is 13.1 Å². The summed E-state index contributed by atoms with van der Waals surface area (Å²) in [6, 6.07) is 4.42. The molecule has 0 radical (unpaired) electrons. The van der Waals surface area contributed by atoms with Gasteiger partial charge < -0.3 is 26.6 Å². The molecule has 0 bridgehead atoms. The topological polar surface area (TPSA) is 132 Å². The van der Waals surface area contributed by atoms with Gasteiger partial charge in [0.15, 0.2) is 17.5 Å². The molecule has 7 heteroatoms. The van der Waals surface area contributed by atoms with Gasteiger partial charge in [-0.05, 0) is 17.7 Å². The number of aromatic hydroxyl groups is 2. The summed E-state index contributed by atoms with van der Waals surface area (Å²) < 4.78 is 0. The fourth-order valence-electron chi connectivity index (χ4n) is 1.22. The van der Waals surface area contributed by atoms with Gasteiger partial charge in [-0.2, -0.15) is 4.99 Å². The molecule has 1 aromatic carbocycles. The fourth-order valence-corrected chi connectivity index (χ4v) is 1.22. The van der Waals surface area contributed by atoms with Crippen molar-refractivity contribution in [2.75, 3.05) is 7.05 Å². The van der Waals surface area contributed by atoms with Crippen LogP contribution in [0.2, 0.25) is 0 Å². The number of nitrogens with one attached hydrogen (secondary N) is 1. The Bertz CT molecular complexity index is 454. The Kier molecular flexibility index (Phi) is 3.76. The Morgan fingerprint density at radius 3 is 2.53 bits per heavy atom. The summed E-state index contributed by atoms with van der Waals surface area (Å²) in [5.41, 5.74) is 11.0. The molecule has 1 aromatic rings. The van der Waals surface area contributed by atoms with Crippen molar-refractivity contribution in [3.63, 3.8) is 0 Å². The van der Waals surface area contributed by atoms with Crippen LogP contribution in [0.1, 0.15) is 5.56 Å². The van der Waals surface area contributed by atoms with Crippen molar-refractivity contribution in [3.05, 3.63) is 23.8 Å². The van der Waals surface area contributed by atoms with E-state index in [-0.39, 0.29) is 23.4 Å². The highest BCUT2D eigenvalue weighted by molar-refractivity contribution is 5.91. The maximum Gasteiger partial charge on any atom is 0.221 e. The van der Waals surface area contributed by atoms with E-state index in [1.807, 2.05) is 0 Å². The van der Waals surface area contributed by atoms with Crippen LogP contribution in [0.3, 0.4) is 0 Å². The van der Waals surface area contributed by atoms with E-state index in [0.29, 0.717) is 6.54 Å². The van der Waals surface area contributed by atoms with Crippen molar-refractivity contribution in [1.82, 2.24) is 4.90 Å². The summed E-state index contributed by atoms with van der Waals surface area (Å²) in [5, 5.41) is 26.0. The number of phenolic OH excluding ortho intramolecular Hbond substituents is 2. The number of hydrogen-bond donors (Lipinski definition) is 5. The molecule has 0 unspecified atom stereocenters. The molecule has 0 saturated heterocycles. The number of aliphatic imine (C=N–C) groups is 1. The molecular weight excluding hydrogens is 222 g/mol. The molecule has 0 aliphatic rings. The maximum absolute atomic E-state index is 9.31. The van der Waals surface area contributed by atoms with Gasteiger partial charge in [0, 0.05) is 13.6 Å². The zero-order valence-electron chi connectivity index (χ0n) is 9.38. The van der Waals surface area contributed by atoms with Gasteiger partial charge in [0.1, 0.15) is 0 Å². The first-order valence-corrected chi connectivity index (χ1v) is 4.80. The van der Waals surface area contributed by atoms with E-state index in [9.17, 15) is 5.11 Å². The molecule has 1 rings (SSSR count). The largest absolute Gasteiger partial charge is 0.504 e. The molecule has 0 amide bonds. The Morgan fingerprint density at radius 2 is 2.00 bits per heavy atom. The van der Waals surface area contributed by atoms with Crippen molar-refractivity contribution in [2.45, 2.75) is 6.54 Å². The summed E-state index contributed by atoms with van der Waals surface area (Å²) in [4.78, 5) is 5.07. The van der Waals surface area contributed by atoms with Crippen LogP contribution < -0.4 is 11.5 Å². The zero-order chi connectivity index (χ0) is 13.0. The lowest BCUT2D eigenvalue weighted by Crippen LogP contribution is -2.30. The Morgan fingerprint density at radius 1 is 1.35 bits per heavy atom. The number of hydrogen-bond acceptors (Lipinski definition) is 3. The number of benzene rings is 1. The Labute approximate surface area is 98.5 Å². The molecule has 0 spiro atoms. The van der Waals surface area contributed by atoms with E-state index in [1.165, 1.54) is 17.0 Å². The average Bonchev–Trinajstić information content (AvgIpc) is 2.22. The summed E-state index contributed by atoms with van der Waals surface area (Å²) in [5.74, 6) is -0.659. The van der Waals surface area contributed by atoms with Crippen LogP contribution in [0.5, 0.6) is 11.5 Å². The van der Waals surface area contributed by atoms with Gasteiger partial charge in [-0.25, -0.2) is 0 Å². The number of phenols is 2. The van der Waals surface area contributed by atoms with Crippen LogP contribution in [-0.2, 0) is 6.54 Å². The standard InChI is InChI=1S/C10H15N5O2/c1-15(10(13)14-9(11)12)5-6-2-3-7(16)8(17)4-6/h2-4,16-17H,5H2,1H3,(H5,11,12,13,14). The zero-order valence-corrected chi connectivity index (χ0v) is 9.38. The number of guanidine groups is 2. The maximum atomic E-state index is 9.31. The fraction of sp³-hybridized carbons (Fsp3) is 0.200. The second kappa shape index (κ2) is 5.06. The van der Waals surface area contributed by atoms with Gasteiger partial charge in [0.05, 0.1) is 0 Å². The molecule has 0 aliphatic heterocycles. The van der Waals surface area contributed by atoms with Gasteiger partial charge in [-0.3, -0.25) is 5.41 Å². The van der Waals surface area contributed by atoms with Gasteiger partial charge in [-0.15, -0.1) is 0 Å². The van der Waals surface area contributed by atoms with E-state index in [2.05, 4.69) is 4.99 Å². The minimum Gasteiger partial charge on any atom is -0.504 e.